The molecule has 2 heterocycles. The molecule has 2 aromatic heterocycles. The molecule has 2 aromatic rings. The van der Waals surface area contributed by atoms with E-state index in [1.807, 2.05) is 13.8 Å². The van der Waals surface area contributed by atoms with E-state index >= 15 is 0 Å². The molecule has 0 spiro atoms. The number of carbonyl (C=O) groups is 3. The Labute approximate surface area is 156 Å². The van der Waals surface area contributed by atoms with Gasteiger partial charge in [-0.05, 0) is 0 Å². The van der Waals surface area contributed by atoms with Gasteiger partial charge in [-0.2, -0.15) is 0 Å². The van der Waals surface area contributed by atoms with Crippen molar-refractivity contribution in [2.75, 3.05) is 17.2 Å². The number of primary amides is 1. The molecule has 3 amide bonds. The summed E-state index contributed by atoms with van der Waals surface area (Å²) < 4.78 is 2.89. The second-order valence-electron chi connectivity index (χ2n) is 6.35. The first-order valence-corrected chi connectivity index (χ1v) is 8.38. The number of anilines is 2. The van der Waals surface area contributed by atoms with Crippen molar-refractivity contribution in [3.05, 3.63) is 24.0 Å². The quantitative estimate of drug-likeness (QED) is 0.502. The molecule has 146 valence electrons. The summed E-state index contributed by atoms with van der Waals surface area (Å²) in [7, 11) is 3.22. The number of aryl methyl sites for hydroxylation is 2. The molecule has 27 heavy (non-hydrogen) atoms. The van der Waals surface area contributed by atoms with Crippen molar-refractivity contribution in [1.82, 2.24) is 24.4 Å². The van der Waals surface area contributed by atoms with Crippen LogP contribution in [0.25, 0.3) is 0 Å². The number of hydrogen-bond donors (Lipinski definition) is 4. The minimum atomic E-state index is -0.702. The van der Waals surface area contributed by atoms with Gasteiger partial charge in [0.2, 0.25) is 17.6 Å². The third-order valence-corrected chi connectivity index (χ3v) is 3.59. The van der Waals surface area contributed by atoms with E-state index in [0.717, 1.165) is 0 Å². The average molecular weight is 376 g/mol. The summed E-state index contributed by atoms with van der Waals surface area (Å²) >= 11 is 0. The number of carbonyl (C=O) groups excluding carboxylic acids is 3. The number of imidazole rings is 2. The maximum Gasteiger partial charge on any atom is 0.292 e. The fraction of sp³-hybridized carbons (Fsp3) is 0.438. The molecule has 0 aliphatic heterocycles. The molecule has 0 saturated heterocycles. The van der Waals surface area contributed by atoms with Gasteiger partial charge in [0.1, 0.15) is 0 Å². The number of nitrogens with zero attached hydrogens (tertiary/aromatic N) is 4. The number of nitrogens with one attached hydrogen (secondary N) is 3. The largest absolute Gasteiger partial charge is 0.363 e. The highest BCUT2D eigenvalue weighted by molar-refractivity contribution is 6.02. The van der Waals surface area contributed by atoms with Crippen LogP contribution in [0.5, 0.6) is 0 Å². The first-order valence-electron chi connectivity index (χ1n) is 8.38. The molecule has 0 radical (unpaired) electrons. The summed E-state index contributed by atoms with van der Waals surface area (Å²) in [6, 6.07) is 0.296. The molecule has 0 fully saturated rings. The third-order valence-electron chi connectivity index (χ3n) is 3.59. The molecule has 11 heteroatoms. The zero-order valence-corrected chi connectivity index (χ0v) is 15.7. The van der Waals surface area contributed by atoms with Crippen LogP contribution in [0.1, 0.15) is 41.5 Å². The van der Waals surface area contributed by atoms with Crippen LogP contribution in [-0.4, -0.2) is 49.4 Å². The lowest BCUT2D eigenvalue weighted by atomic mass is 10.3. The summed E-state index contributed by atoms with van der Waals surface area (Å²) in [6.45, 7) is 4.54. The van der Waals surface area contributed by atoms with Gasteiger partial charge >= 0.3 is 0 Å². The number of amides is 3. The van der Waals surface area contributed by atoms with Crippen LogP contribution in [0.4, 0.5) is 11.6 Å². The lowest BCUT2D eigenvalue weighted by Crippen LogP contribution is -2.27. The van der Waals surface area contributed by atoms with Crippen LogP contribution in [0, 0.1) is 0 Å². The van der Waals surface area contributed by atoms with Crippen LogP contribution in [0.15, 0.2) is 12.4 Å². The Hall–Kier alpha value is -3.21. The Bertz CT molecular complexity index is 852. The molecule has 0 aromatic carbocycles. The van der Waals surface area contributed by atoms with Gasteiger partial charge in [0.25, 0.3) is 11.8 Å². The SMILES string of the molecule is CC(C)NCCC(=O)Nc1cn(C)c(C(=O)Nc2cn(C)c(C(N)=O)n2)n1. The zero-order chi connectivity index (χ0) is 20.1. The maximum absolute atomic E-state index is 12.4. The number of nitrogens with two attached hydrogens (primary N) is 1. The molecule has 2 rings (SSSR count). The van der Waals surface area contributed by atoms with Gasteiger partial charge in [0.15, 0.2) is 11.6 Å². The van der Waals surface area contributed by atoms with E-state index in [2.05, 4.69) is 25.9 Å². The molecule has 11 nitrogen and oxygen atoms in total. The monoisotopic (exact) mass is 376 g/mol. The topological polar surface area (TPSA) is 149 Å². The standard InChI is InChI=1S/C16H24N8O3/c1-9(2)18-6-5-12(25)19-10-7-24(4)15(21-10)16(27)22-11-8-23(3)14(20-11)13(17)26/h7-9,18H,5-6H2,1-4H3,(H2,17,26)(H,19,25)(H,22,27). The van der Waals surface area contributed by atoms with Gasteiger partial charge < -0.3 is 30.8 Å². The van der Waals surface area contributed by atoms with Crippen molar-refractivity contribution in [2.45, 2.75) is 26.3 Å². The van der Waals surface area contributed by atoms with Crippen molar-refractivity contribution in [2.24, 2.45) is 19.8 Å². The van der Waals surface area contributed by atoms with Crippen molar-refractivity contribution in [3.8, 4) is 0 Å². The predicted molar refractivity (Wildman–Crippen MR) is 99.3 cm³/mol. The smallest absolute Gasteiger partial charge is 0.292 e. The van der Waals surface area contributed by atoms with E-state index in [9.17, 15) is 14.4 Å². The summed E-state index contributed by atoms with van der Waals surface area (Å²) in [4.78, 5) is 43.6. The minimum absolute atomic E-state index is 0.0214. The average Bonchev–Trinajstić information content (AvgIpc) is 3.09. The Morgan fingerprint density at radius 1 is 1.04 bits per heavy atom. The normalized spacial score (nSPS) is 10.9. The highest BCUT2D eigenvalue weighted by atomic mass is 16.2. The molecule has 0 bridgehead atoms. The van der Waals surface area contributed by atoms with Crippen LogP contribution in [-0.2, 0) is 18.9 Å². The van der Waals surface area contributed by atoms with E-state index in [-0.39, 0.29) is 29.2 Å². The number of hydrogen-bond acceptors (Lipinski definition) is 6. The summed E-state index contributed by atoms with van der Waals surface area (Å²) in [5, 5.41) is 8.34. The van der Waals surface area contributed by atoms with Gasteiger partial charge in [-0.15, -0.1) is 0 Å². The van der Waals surface area contributed by atoms with Crippen LogP contribution < -0.4 is 21.7 Å². The van der Waals surface area contributed by atoms with Crippen molar-refractivity contribution < 1.29 is 14.4 Å². The third kappa shape index (κ3) is 5.38. The first-order chi connectivity index (χ1) is 12.7. The minimum Gasteiger partial charge on any atom is -0.363 e. The van der Waals surface area contributed by atoms with Crippen molar-refractivity contribution >= 4 is 29.4 Å². The second kappa shape index (κ2) is 8.45. The Morgan fingerprint density at radius 3 is 2.15 bits per heavy atom. The highest BCUT2D eigenvalue weighted by Gasteiger charge is 2.18. The van der Waals surface area contributed by atoms with E-state index in [4.69, 9.17) is 5.73 Å². The fourth-order valence-corrected chi connectivity index (χ4v) is 2.35. The Morgan fingerprint density at radius 2 is 1.59 bits per heavy atom. The van der Waals surface area contributed by atoms with Crippen LogP contribution >= 0.6 is 0 Å². The molecule has 5 N–H and O–H groups in total. The predicted octanol–water partition coefficient (Wildman–Crippen LogP) is -0.169. The molecule has 0 unspecified atom stereocenters. The molecular formula is C16H24N8O3. The number of aromatic nitrogens is 4. The van der Waals surface area contributed by atoms with Crippen molar-refractivity contribution in [3.63, 3.8) is 0 Å². The summed E-state index contributed by atoms with van der Waals surface area (Å²) in [5.74, 6) is -0.893. The van der Waals surface area contributed by atoms with Gasteiger partial charge in [0.05, 0.1) is 0 Å². The molecule has 0 aliphatic rings. The fourth-order valence-electron chi connectivity index (χ4n) is 2.35. The molecule has 0 saturated carbocycles. The first kappa shape index (κ1) is 20.1. The van der Waals surface area contributed by atoms with Crippen LogP contribution in [0.3, 0.4) is 0 Å². The maximum atomic E-state index is 12.4. The highest BCUT2D eigenvalue weighted by Crippen LogP contribution is 2.11. The van der Waals surface area contributed by atoms with Gasteiger partial charge in [-0.1, -0.05) is 13.8 Å². The summed E-state index contributed by atoms with van der Waals surface area (Å²) in [6.07, 6.45) is 3.29. The molecule has 0 aliphatic carbocycles. The second-order valence-corrected chi connectivity index (χ2v) is 6.35. The molecular weight excluding hydrogens is 352 g/mol. The zero-order valence-electron chi connectivity index (χ0n) is 15.7. The lowest BCUT2D eigenvalue weighted by molar-refractivity contribution is -0.116. The summed E-state index contributed by atoms with van der Waals surface area (Å²) in [5.41, 5.74) is 5.20. The van der Waals surface area contributed by atoms with Gasteiger partial charge in [-0.25, -0.2) is 9.97 Å². The van der Waals surface area contributed by atoms with Gasteiger partial charge in [-0.3, -0.25) is 14.4 Å². The molecule has 0 atom stereocenters. The van der Waals surface area contributed by atoms with Crippen LogP contribution in [0.2, 0.25) is 0 Å². The van der Waals surface area contributed by atoms with E-state index < -0.39 is 11.8 Å². The Balaban J connectivity index is 2.00. The van der Waals surface area contributed by atoms with Gasteiger partial charge in [0, 0.05) is 45.5 Å². The van der Waals surface area contributed by atoms with E-state index in [1.165, 1.54) is 21.5 Å². The number of rotatable bonds is 8. The van der Waals surface area contributed by atoms with E-state index in [1.54, 1.807) is 14.1 Å². The van der Waals surface area contributed by atoms with E-state index in [0.29, 0.717) is 19.0 Å². The van der Waals surface area contributed by atoms with Crippen molar-refractivity contribution in [1.29, 1.82) is 0 Å². The lowest BCUT2D eigenvalue weighted by Gasteiger charge is -2.07. The Kier molecular flexibility index (Phi) is 6.29.